The molecule has 1 aromatic heterocycles. The zero-order valence-corrected chi connectivity index (χ0v) is 12.8. The molecule has 1 aromatic rings. The van der Waals surface area contributed by atoms with Crippen molar-refractivity contribution < 1.29 is 14.4 Å². The number of pyridine rings is 1. The SMILES string of the molecule is CC(C)Cc1ccc2c(n1)CN(C1CCC(=O)NC1=O)C2=O. The summed E-state index contributed by atoms with van der Waals surface area (Å²) < 4.78 is 0. The Labute approximate surface area is 128 Å². The van der Waals surface area contributed by atoms with Crippen molar-refractivity contribution in [1.82, 2.24) is 15.2 Å². The zero-order valence-electron chi connectivity index (χ0n) is 12.8. The van der Waals surface area contributed by atoms with Crippen LogP contribution in [0.3, 0.4) is 0 Å². The van der Waals surface area contributed by atoms with E-state index in [1.807, 2.05) is 6.07 Å². The Morgan fingerprint density at radius 1 is 1.32 bits per heavy atom. The van der Waals surface area contributed by atoms with Crippen molar-refractivity contribution in [2.24, 2.45) is 5.92 Å². The molecule has 6 heteroatoms. The van der Waals surface area contributed by atoms with E-state index in [1.54, 1.807) is 6.07 Å². The third-order valence-electron chi connectivity index (χ3n) is 4.05. The number of carbonyl (C=O) groups excluding carboxylic acids is 3. The molecule has 1 atom stereocenters. The number of rotatable bonds is 3. The normalized spacial score (nSPS) is 21.3. The van der Waals surface area contributed by atoms with Gasteiger partial charge in [-0.1, -0.05) is 13.8 Å². The highest BCUT2D eigenvalue weighted by Gasteiger charge is 2.39. The van der Waals surface area contributed by atoms with E-state index in [2.05, 4.69) is 24.1 Å². The first kappa shape index (κ1) is 14.7. The van der Waals surface area contributed by atoms with E-state index in [9.17, 15) is 14.4 Å². The van der Waals surface area contributed by atoms with Gasteiger partial charge in [-0.3, -0.25) is 24.7 Å². The number of amides is 3. The van der Waals surface area contributed by atoms with Gasteiger partial charge in [0.25, 0.3) is 5.91 Å². The second-order valence-electron chi connectivity index (χ2n) is 6.29. The first-order valence-electron chi connectivity index (χ1n) is 7.59. The van der Waals surface area contributed by atoms with Crippen molar-refractivity contribution in [3.8, 4) is 0 Å². The molecule has 3 heterocycles. The van der Waals surface area contributed by atoms with Crippen LogP contribution in [-0.4, -0.2) is 33.6 Å². The fraction of sp³-hybridized carbons (Fsp3) is 0.500. The van der Waals surface area contributed by atoms with Crippen molar-refractivity contribution in [3.05, 3.63) is 29.1 Å². The third-order valence-corrected chi connectivity index (χ3v) is 4.05. The molecule has 1 fully saturated rings. The number of aromatic nitrogens is 1. The molecule has 1 N–H and O–H groups in total. The lowest BCUT2D eigenvalue weighted by atomic mass is 10.0. The van der Waals surface area contributed by atoms with Crippen LogP contribution in [0.4, 0.5) is 0 Å². The highest BCUT2D eigenvalue weighted by Crippen LogP contribution is 2.26. The van der Waals surface area contributed by atoms with Gasteiger partial charge in [-0.2, -0.15) is 0 Å². The summed E-state index contributed by atoms with van der Waals surface area (Å²) in [5.41, 5.74) is 2.26. The molecule has 2 aliphatic rings. The first-order chi connectivity index (χ1) is 10.5. The number of fused-ring (bicyclic) bond motifs is 1. The highest BCUT2D eigenvalue weighted by atomic mass is 16.2. The lowest BCUT2D eigenvalue weighted by Crippen LogP contribution is -2.52. The van der Waals surface area contributed by atoms with Gasteiger partial charge in [0, 0.05) is 12.1 Å². The van der Waals surface area contributed by atoms with Gasteiger partial charge in [-0.15, -0.1) is 0 Å². The molecule has 1 unspecified atom stereocenters. The molecule has 0 bridgehead atoms. The first-order valence-corrected chi connectivity index (χ1v) is 7.59. The Bertz CT molecular complexity index is 654. The summed E-state index contributed by atoms with van der Waals surface area (Å²) in [6, 6.07) is 3.10. The Morgan fingerprint density at radius 3 is 2.77 bits per heavy atom. The number of hydrogen-bond acceptors (Lipinski definition) is 4. The van der Waals surface area contributed by atoms with E-state index in [0.29, 0.717) is 24.4 Å². The predicted octanol–water partition coefficient (Wildman–Crippen LogP) is 1.04. The van der Waals surface area contributed by atoms with Gasteiger partial charge >= 0.3 is 0 Å². The van der Waals surface area contributed by atoms with Crippen LogP contribution in [0.15, 0.2) is 12.1 Å². The van der Waals surface area contributed by atoms with E-state index in [0.717, 1.165) is 17.8 Å². The molecule has 0 aliphatic carbocycles. The predicted molar refractivity (Wildman–Crippen MR) is 78.8 cm³/mol. The summed E-state index contributed by atoms with van der Waals surface area (Å²) in [4.78, 5) is 41.8. The summed E-state index contributed by atoms with van der Waals surface area (Å²) in [5, 5.41) is 2.30. The Balaban J connectivity index is 1.81. The van der Waals surface area contributed by atoms with Gasteiger partial charge in [0.2, 0.25) is 11.8 Å². The van der Waals surface area contributed by atoms with Crippen molar-refractivity contribution in [2.75, 3.05) is 0 Å². The van der Waals surface area contributed by atoms with Crippen LogP contribution in [0, 0.1) is 5.92 Å². The van der Waals surface area contributed by atoms with Crippen LogP contribution in [0.1, 0.15) is 48.4 Å². The topological polar surface area (TPSA) is 79.4 Å². The Hall–Kier alpha value is -2.24. The van der Waals surface area contributed by atoms with E-state index >= 15 is 0 Å². The standard InChI is InChI=1S/C16H19N3O3/c1-9(2)7-10-3-4-11-12(17-10)8-19(16(11)22)13-5-6-14(20)18-15(13)21/h3-4,9,13H,5-8H2,1-2H3,(H,18,20,21). The quantitative estimate of drug-likeness (QED) is 0.846. The number of imide groups is 1. The lowest BCUT2D eigenvalue weighted by molar-refractivity contribution is -0.136. The molecular weight excluding hydrogens is 282 g/mol. The molecule has 3 rings (SSSR count). The largest absolute Gasteiger partial charge is 0.321 e. The molecule has 6 nitrogen and oxygen atoms in total. The van der Waals surface area contributed by atoms with Crippen LogP contribution < -0.4 is 5.32 Å². The van der Waals surface area contributed by atoms with Crippen LogP contribution in [0.25, 0.3) is 0 Å². The number of carbonyl (C=O) groups is 3. The van der Waals surface area contributed by atoms with E-state index in [1.165, 1.54) is 4.90 Å². The molecule has 2 aliphatic heterocycles. The molecule has 1 saturated heterocycles. The summed E-state index contributed by atoms with van der Waals surface area (Å²) in [5.74, 6) is -0.343. The van der Waals surface area contributed by atoms with Gasteiger partial charge in [0.15, 0.2) is 0 Å². The molecule has 0 radical (unpaired) electrons. The number of piperidine rings is 1. The summed E-state index contributed by atoms with van der Waals surface area (Å²) in [6.07, 6.45) is 1.51. The molecular formula is C16H19N3O3. The summed E-state index contributed by atoms with van der Waals surface area (Å²) >= 11 is 0. The van der Waals surface area contributed by atoms with Crippen molar-refractivity contribution >= 4 is 17.7 Å². The third kappa shape index (κ3) is 2.61. The lowest BCUT2D eigenvalue weighted by Gasteiger charge is -2.29. The average Bonchev–Trinajstić information content (AvgIpc) is 2.75. The Kier molecular flexibility index (Phi) is 3.68. The van der Waals surface area contributed by atoms with Crippen LogP contribution in [0.2, 0.25) is 0 Å². The highest BCUT2D eigenvalue weighted by molar-refractivity contribution is 6.05. The summed E-state index contributed by atoms with van der Waals surface area (Å²) in [6.45, 7) is 4.58. The molecule has 22 heavy (non-hydrogen) atoms. The van der Waals surface area contributed by atoms with Crippen LogP contribution in [0.5, 0.6) is 0 Å². The van der Waals surface area contributed by atoms with E-state index in [4.69, 9.17) is 0 Å². The van der Waals surface area contributed by atoms with Gasteiger partial charge in [0.05, 0.1) is 17.8 Å². The van der Waals surface area contributed by atoms with Crippen molar-refractivity contribution in [3.63, 3.8) is 0 Å². The van der Waals surface area contributed by atoms with Crippen LogP contribution >= 0.6 is 0 Å². The minimum atomic E-state index is -0.576. The molecule has 0 aromatic carbocycles. The number of nitrogens with zero attached hydrogens (tertiary/aromatic N) is 2. The molecule has 3 amide bonds. The number of nitrogens with one attached hydrogen (secondary N) is 1. The van der Waals surface area contributed by atoms with Crippen molar-refractivity contribution in [1.29, 1.82) is 0 Å². The zero-order chi connectivity index (χ0) is 15.9. The second-order valence-corrected chi connectivity index (χ2v) is 6.29. The van der Waals surface area contributed by atoms with Gasteiger partial charge in [-0.05, 0) is 30.9 Å². The molecule has 0 saturated carbocycles. The minimum absolute atomic E-state index is 0.173. The van der Waals surface area contributed by atoms with Crippen LogP contribution in [-0.2, 0) is 22.6 Å². The fourth-order valence-corrected chi connectivity index (χ4v) is 3.01. The monoisotopic (exact) mass is 301 g/mol. The fourth-order valence-electron chi connectivity index (χ4n) is 3.01. The maximum atomic E-state index is 12.5. The van der Waals surface area contributed by atoms with Gasteiger partial charge in [0.1, 0.15) is 6.04 Å². The smallest absolute Gasteiger partial charge is 0.256 e. The van der Waals surface area contributed by atoms with Gasteiger partial charge in [-0.25, -0.2) is 0 Å². The van der Waals surface area contributed by atoms with Crippen molar-refractivity contribution in [2.45, 2.75) is 45.7 Å². The average molecular weight is 301 g/mol. The number of hydrogen-bond donors (Lipinski definition) is 1. The van der Waals surface area contributed by atoms with E-state index in [-0.39, 0.29) is 24.1 Å². The van der Waals surface area contributed by atoms with Gasteiger partial charge < -0.3 is 4.90 Å². The second kappa shape index (κ2) is 5.51. The Morgan fingerprint density at radius 2 is 2.09 bits per heavy atom. The molecule has 116 valence electrons. The minimum Gasteiger partial charge on any atom is -0.321 e. The summed E-state index contributed by atoms with van der Waals surface area (Å²) in [7, 11) is 0. The van der Waals surface area contributed by atoms with E-state index < -0.39 is 6.04 Å². The maximum Gasteiger partial charge on any atom is 0.256 e. The maximum absolute atomic E-state index is 12.5. The molecule has 0 spiro atoms.